The number of ether oxygens (including phenoxy) is 1. The molecule has 0 aromatic heterocycles. The number of para-hydroxylation sites is 1. The number of halogens is 2. The van der Waals surface area contributed by atoms with Gasteiger partial charge in [-0.2, -0.15) is 0 Å². The lowest BCUT2D eigenvalue weighted by molar-refractivity contribution is -0.122. The molecule has 102 valence electrons. The van der Waals surface area contributed by atoms with Crippen LogP contribution in [-0.2, 0) is 11.2 Å². The van der Waals surface area contributed by atoms with E-state index in [1.54, 1.807) is 0 Å². The maximum Gasteiger partial charge on any atom is 0.265 e. The molecule has 0 saturated carbocycles. The molecular weight excluding hydrogens is 281 g/mol. The smallest absolute Gasteiger partial charge is 0.265 e. The molecule has 1 aliphatic rings. The van der Waals surface area contributed by atoms with Crippen LogP contribution in [-0.4, -0.2) is 12.0 Å². The summed E-state index contributed by atoms with van der Waals surface area (Å²) in [5.74, 6) is -0.0668. The third-order valence-corrected chi connectivity index (χ3v) is 3.42. The predicted octanol–water partition coefficient (Wildman–Crippen LogP) is 3.42. The molecule has 1 heterocycles. The monoisotopic (exact) mass is 291 g/mol. The maximum absolute atomic E-state index is 13.0. The van der Waals surface area contributed by atoms with Gasteiger partial charge in [0.25, 0.3) is 5.91 Å². The second-order valence-electron chi connectivity index (χ2n) is 4.54. The molecule has 2 aromatic carbocycles. The Kier molecular flexibility index (Phi) is 3.32. The number of nitrogens with one attached hydrogen (secondary N) is 1. The van der Waals surface area contributed by atoms with Gasteiger partial charge in [-0.1, -0.05) is 29.8 Å². The summed E-state index contributed by atoms with van der Waals surface area (Å²) in [5, 5.41) is 2.64. The van der Waals surface area contributed by atoms with Crippen molar-refractivity contribution < 1.29 is 13.9 Å². The van der Waals surface area contributed by atoms with Crippen molar-refractivity contribution in [2.45, 2.75) is 12.5 Å². The summed E-state index contributed by atoms with van der Waals surface area (Å²) in [6.07, 6.45) is -0.0482. The Hall–Kier alpha value is -2.07. The third kappa shape index (κ3) is 2.47. The van der Waals surface area contributed by atoms with E-state index in [0.29, 0.717) is 12.1 Å². The molecule has 1 N–H and O–H groups in total. The number of fused-ring (bicyclic) bond motifs is 1. The molecule has 0 radical (unpaired) electrons. The van der Waals surface area contributed by atoms with Crippen molar-refractivity contribution in [2.24, 2.45) is 0 Å². The number of amides is 1. The average molecular weight is 292 g/mol. The molecule has 3 rings (SSSR count). The normalized spacial score (nSPS) is 16.4. The molecule has 20 heavy (non-hydrogen) atoms. The Morgan fingerprint density at radius 3 is 2.85 bits per heavy atom. The fraction of sp³-hybridized carbons (Fsp3) is 0.133. The Bertz CT molecular complexity index is 650. The molecule has 0 aliphatic carbocycles. The predicted molar refractivity (Wildman–Crippen MR) is 74.6 cm³/mol. The molecule has 0 spiro atoms. The van der Waals surface area contributed by atoms with Gasteiger partial charge >= 0.3 is 0 Å². The third-order valence-electron chi connectivity index (χ3n) is 3.13. The van der Waals surface area contributed by atoms with E-state index in [9.17, 15) is 9.18 Å². The van der Waals surface area contributed by atoms with E-state index < -0.39 is 11.9 Å². The number of hydrogen-bond acceptors (Lipinski definition) is 2. The van der Waals surface area contributed by atoms with Crippen LogP contribution in [0.1, 0.15) is 5.56 Å². The van der Waals surface area contributed by atoms with Crippen molar-refractivity contribution in [1.29, 1.82) is 0 Å². The summed E-state index contributed by atoms with van der Waals surface area (Å²) in [7, 11) is 0. The minimum Gasteiger partial charge on any atom is -0.480 e. The van der Waals surface area contributed by atoms with Gasteiger partial charge in [-0.05, 0) is 29.8 Å². The van der Waals surface area contributed by atoms with Crippen LogP contribution in [0.25, 0.3) is 0 Å². The molecular formula is C15H11ClFNO2. The number of hydrogen-bond donors (Lipinski definition) is 1. The van der Waals surface area contributed by atoms with Crippen molar-refractivity contribution in [3.05, 3.63) is 58.9 Å². The fourth-order valence-corrected chi connectivity index (χ4v) is 2.31. The fourth-order valence-electron chi connectivity index (χ4n) is 2.12. The van der Waals surface area contributed by atoms with E-state index in [1.165, 1.54) is 18.2 Å². The quantitative estimate of drug-likeness (QED) is 0.921. The van der Waals surface area contributed by atoms with Crippen LogP contribution in [0.3, 0.4) is 0 Å². The SMILES string of the molecule is O=C(Nc1ccc(F)c(Cl)c1)[C@H]1Cc2ccccc2O1. The van der Waals surface area contributed by atoms with Crippen molar-refractivity contribution >= 4 is 23.2 Å². The second-order valence-corrected chi connectivity index (χ2v) is 4.94. The zero-order valence-corrected chi connectivity index (χ0v) is 11.2. The van der Waals surface area contributed by atoms with Gasteiger partial charge in [-0.25, -0.2) is 4.39 Å². The highest BCUT2D eigenvalue weighted by Gasteiger charge is 2.28. The summed E-state index contributed by atoms with van der Waals surface area (Å²) < 4.78 is 18.6. The molecule has 1 atom stereocenters. The van der Waals surface area contributed by atoms with Crippen LogP contribution in [0.4, 0.5) is 10.1 Å². The van der Waals surface area contributed by atoms with Crippen LogP contribution in [0.2, 0.25) is 5.02 Å². The second kappa shape index (κ2) is 5.13. The zero-order chi connectivity index (χ0) is 14.1. The number of anilines is 1. The first-order valence-electron chi connectivity index (χ1n) is 6.14. The Morgan fingerprint density at radius 2 is 2.10 bits per heavy atom. The van der Waals surface area contributed by atoms with Gasteiger partial charge in [0.05, 0.1) is 5.02 Å². The van der Waals surface area contributed by atoms with Crippen LogP contribution >= 0.6 is 11.6 Å². The lowest BCUT2D eigenvalue weighted by atomic mass is 10.1. The topological polar surface area (TPSA) is 38.3 Å². The van der Waals surface area contributed by atoms with Gasteiger partial charge in [0.1, 0.15) is 11.6 Å². The molecule has 0 bridgehead atoms. The van der Waals surface area contributed by atoms with E-state index in [0.717, 1.165) is 11.3 Å². The lowest BCUT2D eigenvalue weighted by Crippen LogP contribution is -2.31. The largest absolute Gasteiger partial charge is 0.480 e. The number of carbonyl (C=O) groups is 1. The number of carbonyl (C=O) groups excluding carboxylic acids is 1. The summed E-state index contributed by atoms with van der Waals surface area (Å²) in [5.41, 5.74) is 1.45. The zero-order valence-electron chi connectivity index (χ0n) is 10.4. The first-order chi connectivity index (χ1) is 9.63. The van der Waals surface area contributed by atoms with Gasteiger partial charge in [0.15, 0.2) is 6.10 Å². The molecule has 0 saturated heterocycles. The van der Waals surface area contributed by atoms with Crippen LogP contribution in [0.5, 0.6) is 5.75 Å². The summed E-state index contributed by atoms with van der Waals surface area (Å²) >= 11 is 5.67. The first kappa shape index (κ1) is 12.9. The van der Waals surface area contributed by atoms with E-state index in [4.69, 9.17) is 16.3 Å². The highest BCUT2D eigenvalue weighted by atomic mass is 35.5. The van der Waals surface area contributed by atoms with Crippen LogP contribution in [0.15, 0.2) is 42.5 Å². The van der Waals surface area contributed by atoms with E-state index in [-0.39, 0.29) is 10.9 Å². The minimum absolute atomic E-state index is 0.0292. The van der Waals surface area contributed by atoms with Gasteiger partial charge in [0.2, 0.25) is 0 Å². The molecule has 5 heteroatoms. The van der Waals surface area contributed by atoms with E-state index in [1.807, 2.05) is 24.3 Å². The van der Waals surface area contributed by atoms with E-state index >= 15 is 0 Å². The minimum atomic E-state index is -0.573. The van der Waals surface area contributed by atoms with Crippen molar-refractivity contribution in [3.8, 4) is 5.75 Å². The van der Waals surface area contributed by atoms with Crippen molar-refractivity contribution in [3.63, 3.8) is 0 Å². The van der Waals surface area contributed by atoms with Crippen LogP contribution in [0, 0.1) is 5.82 Å². The highest BCUT2D eigenvalue weighted by molar-refractivity contribution is 6.31. The molecule has 2 aromatic rings. The molecule has 3 nitrogen and oxygen atoms in total. The number of benzene rings is 2. The van der Waals surface area contributed by atoms with Crippen molar-refractivity contribution in [2.75, 3.05) is 5.32 Å². The van der Waals surface area contributed by atoms with E-state index in [2.05, 4.69) is 5.32 Å². The Balaban J connectivity index is 1.71. The molecule has 1 amide bonds. The summed E-state index contributed by atoms with van der Waals surface area (Å²) in [4.78, 5) is 12.1. The average Bonchev–Trinajstić information content (AvgIpc) is 2.87. The van der Waals surface area contributed by atoms with Gasteiger partial charge in [-0.3, -0.25) is 4.79 Å². The maximum atomic E-state index is 13.0. The van der Waals surface area contributed by atoms with Crippen molar-refractivity contribution in [1.82, 2.24) is 0 Å². The molecule has 0 unspecified atom stereocenters. The van der Waals surface area contributed by atoms with Gasteiger partial charge in [0, 0.05) is 12.1 Å². The molecule has 1 aliphatic heterocycles. The molecule has 0 fully saturated rings. The summed E-state index contributed by atoms with van der Waals surface area (Å²) in [6.45, 7) is 0. The Labute approximate surface area is 120 Å². The summed E-state index contributed by atoms with van der Waals surface area (Å²) in [6, 6.07) is 11.6. The van der Waals surface area contributed by atoms with Gasteiger partial charge in [-0.15, -0.1) is 0 Å². The standard InChI is InChI=1S/C15H11ClFNO2/c16-11-8-10(5-6-12(11)17)18-15(19)14-7-9-3-1-2-4-13(9)20-14/h1-6,8,14H,7H2,(H,18,19)/t14-/m1/s1. The first-order valence-corrected chi connectivity index (χ1v) is 6.52. The van der Waals surface area contributed by atoms with Gasteiger partial charge < -0.3 is 10.1 Å². The highest BCUT2D eigenvalue weighted by Crippen LogP contribution is 2.29. The Morgan fingerprint density at radius 1 is 1.30 bits per heavy atom. The lowest BCUT2D eigenvalue weighted by Gasteiger charge is -2.11. The number of rotatable bonds is 2. The van der Waals surface area contributed by atoms with Crippen LogP contribution < -0.4 is 10.1 Å².